The highest BCUT2D eigenvalue weighted by Crippen LogP contribution is 2.15. The fourth-order valence-corrected chi connectivity index (χ4v) is 1.78. The van der Waals surface area contributed by atoms with Crippen molar-refractivity contribution in [3.63, 3.8) is 0 Å². The lowest BCUT2D eigenvalue weighted by Gasteiger charge is -2.09. The van der Waals surface area contributed by atoms with Gasteiger partial charge in [0, 0.05) is 17.8 Å². The van der Waals surface area contributed by atoms with Crippen molar-refractivity contribution in [2.75, 3.05) is 5.32 Å². The van der Waals surface area contributed by atoms with Crippen molar-refractivity contribution in [3.8, 4) is 0 Å². The fraction of sp³-hybridized carbons (Fsp3) is 0.125. The van der Waals surface area contributed by atoms with Gasteiger partial charge in [-0.15, -0.1) is 0 Å². The molecule has 2 aromatic rings. The van der Waals surface area contributed by atoms with E-state index in [2.05, 4.69) is 5.32 Å². The van der Waals surface area contributed by atoms with Crippen LogP contribution in [-0.2, 0) is 11.3 Å². The zero-order chi connectivity index (χ0) is 16.9. The van der Waals surface area contributed by atoms with Gasteiger partial charge in [-0.1, -0.05) is 30.3 Å². The second kappa shape index (κ2) is 6.95. The Bertz CT molecular complexity index is 683. The summed E-state index contributed by atoms with van der Waals surface area (Å²) in [4.78, 5) is 22.6. The molecule has 0 aliphatic heterocycles. The maximum Gasteiger partial charge on any atom is 0.471 e. The molecule has 0 saturated heterocycles. The van der Waals surface area contributed by atoms with Crippen LogP contribution in [0.15, 0.2) is 54.6 Å². The minimum atomic E-state index is -4.90. The van der Waals surface area contributed by atoms with E-state index in [1.165, 1.54) is 12.1 Å². The van der Waals surface area contributed by atoms with Gasteiger partial charge in [-0.2, -0.15) is 13.2 Å². The smallest absolute Gasteiger partial charge is 0.344 e. The summed E-state index contributed by atoms with van der Waals surface area (Å²) < 4.78 is 36.2. The normalized spacial score (nSPS) is 10.9. The maximum absolute atomic E-state index is 12.1. The molecule has 0 atom stereocenters. The van der Waals surface area contributed by atoms with E-state index in [4.69, 9.17) is 0 Å². The third-order valence-corrected chi connectivity index (χ3v) is 2.96. The van der Waals surface area contributed by atoms with E-state index < -0.39 is 12.1 Å². The monoisotopic (exact) mass is 322 g/mol. The lowest BCUT2D eigenvalue weighted by Crippen LogP contribution is -2.36. The van der Waals surface area contributed by atoms with E-state index in [0.717, 1.165) is 0 Å². The Morgan fingerprint density at radius 1 is 0.913 bits per heavy atom. The lowest BCUT2D eigenvalue weighted by molar-refractivity contribution is -0.173. The Kier molecular flexibility index (Phi) is 5.00. The molecule has 2 amide bonds. The molecular weight excluding hydrogens is 309 g/mol. The van der Waals surface area contributed by atoms with Gasteiger partial charge >= 0.3 is 12.1 Å². The molecule has 0 aliphatic carbocycles. The van der Waals surface area contributed by atoms with Crippen LogP contribution in [0.4, 0.5) is 18.9 Å². The molecule has 23 heavy (non-hydrogen) atoms. The number of carbonyl (C=O) groups is 2. The molecule has 120 valence electrons. The van der Waals surface area contributed by atoms with Crippen LogP contribution in [0.3, 0.4) is 0 Å². The average Bonchev–Trinajstić information content (AvgIpc) is 2.53. The molecule has 0 heterocycles. The zero-order valence-corrected chi connectivity index (χ0v) is 11.9. The second-order valence-electron chi connectivity index (χ2n) is 4.70. The van der Waals surface area contributed by atoms with Crippen LogP contribution in [-0.4, -0.2) is 18.0 Å². The number of halogens is 3. The standard InChI is InChI=1S/C16H13F3N2O2/c17-16(18,19)15(23)20-10-11-6-8-13(9-7-11)21-14(22)12-4-2-1-3-5-12/h1-9H,10H2,(H,20,23)(H,21,22). The van der Waals surface area contributed by atoms with Gasteiger partial charge in [0.05, 0.1) is 0 Å². The predicted molar refractivity (Wildman–Crippen MR) is 78.7 cm³/mol. The van der Waals surface area contributed by atoms with Crippen molar-refractivity contribution in [3.05, 3.63) is 65.7 Å². The Morgan fingerprint density at radius 3 is 2.09 bits per heavy atom. The highest BCUT2D eigenvalue weighted by molar-refractivity contribution is 6.04. The van der Waals surface area contributed by atoms with Crippen LogP contribution in [0, 0.1) is 0 Å². The summed E-state index contributed by atoms with van der Waals surface area (Å²) in [6.07, 6.45) is -4.90. The van der Waals surface area contributed by atoms with Gasteiger partial charge in [0.15, 0.2) is 0 Å². The van der Waals surface area contributed by atoms with Gasteiger partial charge in [0.1, 0.15) is 0 Å². The van der Waals surface area contributed by atoms with Gasteiger partial charge in [0.25, 0.3) is 5.91 Å². The minimum Gasteiger partial charge on any atom is -0.344 e. The highest BCUT2D eigenvalue weighted by atomic mass is 19.4. The molecular formula is C16H13F3N2O2. The Labute approximate surface area is 130 Å². The van der Waals surface area contributed by atoms with Crippen LogP contribution in [0.5, 0.6) is 0 Å². The Morgan fingerprint density at radius 2 is 1.52 bits per heavy atom. The summed E-state index contributed by atoms with van der Waals surface area (Å²) in [6.45, 7) is -0.245. The predicted octanol–water partition coefficient (Wildman–Crippen LogP) is 3.12. The SMILES string of the molecule is O=C(Nc1ccc(CNC(=O)C(F)(F)F)cc1)c1ccccc1. The van der Waals surface area contributed by atoms with Gasteiger partial charge in [-0.25, -0.2) is 0 Å². The molecule has 0 spiro atoms. The number of anilines is 1. The van der Waals surface area contributed by atoms with Gasteiger partial charge < -0.3 is 10.6 Å². The molecule has 0 aromatic heterocycles. The summed E-state index contributed by atoms with van der Waals surface area (Å²) >= 11 is 0. The second-order valence-corrected chi connectivity index (χ2v) is 4.70. The summed E-state index contributed by atoms with van der Waals surface area (Å²) in [5.41, 5.74) is 1.49. The van der Waals surface area contributed by atoms with Crippen molar-refractivity contribution < 1.29 is 22.8 Å². The Balaban J connectivity index is 1.92. The fourth-order valence-electron chi connectivity index (χ4n) is 1.78. The molecule has 4 nitrogen and oxygen atoms in total. The third-order valence-electron chi connectivity index (χ3n) is 2.96. The van der Waals surface area contributed by atoms with E-state index in [1.54, 1.807) is 47.8 Å². The largest absolute Gasteiger partial charge is 0.471 e. The van der Waals surface area contributed by atoms with Crippen molar-refractivity contribution >= 4 is 17.5 Å². The topological polar surface area (TPSA) is 58.2 Å². The summed E-state index contributed by atoms with van der Waals surface area (Å²) in [7, 11) is 0. The van der Waals surface area contributed by atoms with E-state index in [0.29, 0.717) is 16.8 Å². The van der Waals surface area contributed by atoms with Crippen molar-refractivity contribution in [1.29, 1.82) is 0 Å². The highest BCUT2D eigenvalue weighted by Gasteiger charge is 2.38. The lowest BCUT2D eigenvalue weighted by atomic mass is 10.2. The van der Waals surface area contributed by atoms with Crippen molar-refractivity contribution in [1.82, 2.24) is 5.32 Å². The summed E-state index contributed by atoms with van der Waals surface area (Å²) in [5, 5.41) is 4.44. The van der Waals surface area contributed by atoms with Crippen LogP contribution >= 0.6 is 0 Å². The van der Waals surface area contributed by atoms with Gasteiger partial charge in [-0.3, -0.25) is 9.59 Å². The Hall–Kier alpha value is -2.83. The van der Waals surface area contributed by atoms with E-state index in [-0.39, 0.29) is 12.5 Å². The summed E-state index contributed by atoms with van der Waals surface area (Å²) in [5.74, 6) is -2.28. The number of carbonyl (C=O) groups excluding carboxylic acids is 2. The van der Waals surface area contributed by atoms with E-state index >= 15 is 0 Å². The van der Waals surface area contributed by atoms with Crippen LogP contribution in [0.2, 0.25) is 0 Å². The molecule has 0 aliphatic rings. The molecule has 0 bridgehead atoms. The van der Waals surface area contributed by atoms with E-state index in [1.807, 2.05) is 0 Å². The molecule has 7 heteroatoms. The van der Waals surface area contributed by atoms with Crippen molar-refractivity contribution in [2.45, 2.75) is 12.7 Å². The minimum absolute atomic E-state index is 0.245. The number of hydrogen-bond acceptors (Lipinski definition) is 2. The first-order valence-corrected chi connectivity index (χ1v) is 6.66. The number of hydrogen-bond donors (Lipinski definition) is 2. The molecule has 2 aromatic carbocycles. The average molecular weight is 322 g/mol. The number of nitrogens with one attached hydrogen (secondary N) is 2. The summed E-state index contributed by atoms with van der Waals surface area (Å²) in [6, 6.07) is 14.7. The first-order chi connectivity index (χ1) is 10.9. The van der Waals surface area contributed by atoms with Gasteiger partial charge in [0.2, 0.25) is 0 Å². The van der Waals surface area contributed by atoms with Gasteiger partial charge in [-0.05, 0) is 29.8 Å². The number of alkyl halides is 3. The van der Waals surface area contributed by atoms with Crippen LogP contribution < -0.4 is 10.6 Å². The molecule has 0 unspecified atom stereocenters. The third kappa shape index (κ3) is 4.84. The molecule has 0 fully saturated rings. The first-order valence-electron chi connectivity index (χ1n) is 6.66. The van der Waals surface area contributed by atoms with Crippen LogP contribution in [0.1, 0.15) is 15.9 Å². The van der Waals surface area contributed by atoms with E-state index in [9.17, 15) is 22.8 Å². The molecule has 0 radical (unpaired) electrons. The molecule has 0 saturated carbocycles. The number of benzene rings is 2. The number of rotatable bonds is 4. The quantitative estimate of drug-likeness (QED) is 0.909. The first kappa shape index (κ1) is 16.5. The zero-order valence-electron chi connectivity index (χ0n) is 11.9. The number of amides is 2. The molecule has 2 N–H and O–H groups in total. The van der Waals surface area contributed by atoms with Crippen LogP contribution in [0.25, 0.3) is 0 Å². The van der Waals surface area contributed by atoms with Crippen molar-refractivity contribution in [2.24, 2.45) is 0 Å². The maximum atomic E-state index is 12.1. The molecule has 2 rings (SSSR count).